The number of ether oxygens (including phenoxy) is 2. The highest BCUT2D eigenvalue weighted by Crippen LogP contribution is 2.33. The quantitative estimate of drug-likeness (QED) is 0.794. The summed E-state index contributed by atoms with van der Waals surface area (Å²) >= 11 is 0. The minimum atomic E-state index is -1.06. The van der Waals surface area contributed by atoms with E-state index in [1.165, 1.54) is 13.2 Å². The van der Waals surface area contributed by atoms with Gasteiger partial charge < -0.3 is 19.9 Å². The molecule has 0 heterocycles. The topological polar surface area (TPSA) is 84.9 Å². The summed E-state index contributed by atoms with van der Waals surface area (Å²) in [6.07, 6.45) is 0.781. The lowest BCUT2D eigenvalue weighted by Crippen LogP contribution is -2.26. The Labute approximate surface area is 123 Å². The number of hydrogen-bond donors (Lipinski definition) is 2. The molecule has 2 N–H and O–H groups in total. The molecule has 0 aliphatic heterocycles. The van der Waals surface area contributed by atoms with Gasteiger partial charge in [-0.1, -0.05) is 6.07 Å². The second-order valence-electron chi connectivity index (χ2n) is 4.89. The summed E-state index contributed by atoms with van der Waals surface area (Å²) < 4.78 is 10.4. The van der Waals surface area contributed by atoms with Gasteiger partial charge in [0.05, 0.1) is 19.1 Å². The molecular weight excluding hydrogens is 274 g/mol. The fourth-order valence-corrected chi connectivity index (χ4v) is 2.20. The molecule has 2 atom stereocenters. The molecule has 0 spiro atoms. The molecule has 6 nitrogen and oxygen atoms in total. The summed E-state index contributed by atoms with van der Waals surface area (Å²) in [7, 11) is 1.42. The van der Waals surface area contributed by atoms with Gasteiger partial charge in [0, 0.05) is 13.2 Å². The fraction of sp³-hybridized carbons (Fsp3) is 0.467. The largest absolute Gasteiger partial charge is 0.496 e. The third-order valence-corrected chi connectivity index (χ3v) is 3.41. The van der Waals surface area contributed by atoms with Gasteiger partial charge in [0.15, 0.2) is 0 Å². The number of carbonyl (C=O) groups is 2. The Kier molecular flexibility index (Phi) is 4.80. The number of carbonyl (C=O) groups excluding carboxylic acids is 1. The highest BCUT2D eigenvalue weighted by Gasteiger charge is 2.43. The van der Waals surface area contributed by atoms with E-state index in [-0.39, 0.29) is 23.5 Å². The van der Waals surface area contributed by atoms with E-state index < -0.39 is 5.97 Å². The third-order valence-electron chi connectivity index (χ3n) is 3.41. The number of carboxylic acids is 1. The number of amides is 1. The first-order valence-electron chi connectivity index (χ1n) is 6.86. The normalized spacial score (nSPS) is 19.9. The van der Waals surface area contributed by atoms with Crippen molar-refractivity contribution in [1.29, 1.82) is 0 Å². The van der Waals surface area contributed by atoms with Crippen molar-refractivity contribution in [3.05, 3.63) is 29.3 Å². The zero-order chi connectivity index (χ0) is 15.4. The first-order chi connectivity index (χ1) is 10.1. The smallest absolute Gasteiger partial charge is 0.339 e. The summed E-state index contributed by atoms with van der Waals surface area (Å²) in [4.78, 5) is 23.0. The SMILES string of the molecule is CCO[C@@H]1C[C@H]1C(=O)NCc1ccc(OC)c(C(=O)O)c1. The summed E-state index contributed by atoms with van der Waals surface area (Å²) in [5.41, 5.74) is 0.804. The fourth-order valence-electron chi connectivity index (χ4n) is 2.20. The molecule has 0 unspecified atom stereocenters. The summed E-state index contributed by atoms with van der Waals surface area (Å²) in [5, 5.41) is 11.9. The van der Waals surface area contributed by atoms with E-state index in [1.807, 2.05) is 6.92 Å². The maximum Gasteiger partial charge on any atom is 0.339 e. The van der Waals surface area contributed by atoms with Crippen LogP contribution in [0.25, 0.3) is 0 Å². The van der Waals surface area contributed by atoms with Crippen LogP contribution in [-0.2, 0) is 16.1 Å². The molecule has 0 saturated heterocycles. The van der Waals surface area contributed by atoms with Crippen LogP contribution in [0.4, 0.5) is 0 Å². The summed E-state index contributed by atoms with van der Waals surface area (Å²) in [6, 6.07) is 4.83. The lowest BCUT2D eigenvalue weighted by molar-refractivity contribution is -0.123. The minimum absolute atomic E-state index is 0.0282. The van der Waals surface area contributed by atoms with Gasteiger partial charge in [0.1, 0.15) is 11.3 Å². The van der Waals surface area contributed by atoms with Crippen LogP contribution in [0.1, 0.15) is 29.3 Å². The first-order valence-corrected chi connectivity index (χ1v) is 6.86. The van der Waals surface area contributed by atoms with E-state index in [0.717, 1.165) is 12.0 Å². The molecule has 0 radical (unpaired) electrons. The van der Waals surface area contributed by atoms with Gasteiger partial charge in [-0.15, -0.1) is 0 Å². The summed E-state index contributed by atoms with van der Waals surface area (Å²) in [6.45, 7) is 2.80. The number of rotatable bonds is 7. The number of methoxy groups -OCH3 is 1. The molecule has 1 aromatic carbocycles. The maximum absolute atomic E-state index is 11.9. The minimum Gasteiger partial charge on any atom is -0.496 e. The van der Waals surface area contributed by atoms with Gasteiger partial charge >= 0.3 is 5.97 Å². The van der Waals surface area contributed by atoms with E-state index in [1.54, 1.807) is 12.1 Å². The number of carboxylic acid groups (broad SMARTS) is 1. The number of benzene rings is 1. The highest BCUT2D eigenvalue weighted by molar-refractivity contribution is 5.91. The number of hydrogen-bond acceptors (Lipinski definition) is 4. The Bertz CT molecular complexity index is 543. The van der Waals surface area contributed by atoms with E-state index in [2.05, 4.69) is 5.32 Å². The molecule has 1 aliphatic carbocycles. The Hall–Kier alpha value is -2.08. The maximum atomic E-state index is 11.9. The molecule has 114 valence electrons. The molecule has 1 amide bonds. The van der Waals surface area contributed by atoms with E-state index in [0.29, 0.717) is 18.9 Å². The van der Waals surface area contributed by atoms with Crippen molar-refractivity contribution in [3.8, 4) is 5.75 Å². The molecule has 1 fully saturated rings. The molecule has 0 bridgehead atoms. The van der Waals surface area contributed by atoms with Crippen LogP contribution in [-0.4, -0.2) is 36.8 Å². The van der Waals surface area contributed by atoms with Crippen molar-refractivity contribution >= 4 is 11.9 Å². The van der Waals surface area contributed by atoms with E-state index in [9.17, 15) is 9.59 Å². The lowest BCUT2D eigenvalue weighted by atomic mass is 10.1. The van der Waals surface area contributed by atoms with Gasteiger partial charge in [0.2, 0.25) is 5.91 Å². The Morgan fingerprint density at radius 3 is 2.81 bits per heavy atom. The van der Waals surface area contributed by atoms with Crippen LogP contribution in [0.5, 0.6) is 5.75 Å². The predicted octanol–water partition coefficient (Wildman–Crippen LogP) is 1.43. The Morgan fingerprint density at radius 2 is 2.19 bits per heavy atom. The first kappa shape index (κ1) is 15.3. The zero-order valence-electron chi connectivity index (χ0n) is 12.1. The predicted molar refractivity (Wildman–Crippen MR) is 75.3 cm³/mol. The standard InChI is InChI=1S/C15H19NO5/c1-3-21-13-7-10(13)14(17)16-8-9-4-5-12(20-2)11(6-9)15(18)19/h4-6,10,13H,3,7-8H2,1-2H3,(H,16,17)(H,18,19)/t10-,13-/m1/s1. The van der Waals surface area contributed by atoms with Crippen molar-refractivity contribution in [3.63, 3.8) is 0 Å². The molecule has 21 heavy (non-hydrogen) atoms. The van der Waals surface area contributed by atoms with Crippen molar-refractivity contribution < 1.29 is 24.2 Å². The van der Waals surface area contributed by atoms with Crippen molar-refractivity contribution in [2.45, 2.75) is 26.0 Å². The second-order valence-corrected chi connectivity index (χ2v) is 4.89. The average Bonchev–Trinajstić information content (AvgIpc) is 3.24. The third kappa shape index (κ3) is 3.72. The van der Waals surface area contributed by atoms with Gasteiger partial charge in [-0.2, -0.15) is 0 Å². The highest BCUT2D eigenvalue weighted by atomic mass is 16.5. The number of aromatic carboxylic acids is 1. The van der Waals surface area contributed by atoms with Gasteiger partial charge in [0.25, 0.3) is 0 Å². The monoisotopic (exact) mass is 293 g/mol. The van der Waals surface area contributed by atoms with Crippen LogP contribution in [0.3, 0.4) is 0 Å². The van der Waals surface area contributed by atoms with Crippen molar-refractivity contribution in [2.75, 3.05) is 13.7 Å². The molecule has 2 rings (SSSR count). The van der Waals surface area contributed by atoms with Crippen molar-refractivity contribution in [1.82, 2.24) is 5.32 Å². The van der Waals surface area contributed by atoms with E-state index >= 15 is 0 Å². The summed E-state index contributed by atoms with van der Waals surface area (Å²) in [5.74, 6) is -0.891. The van der Waals surface area contributed by atoms with E-state index in [4.69, 9.17) is 14.6 Å². The molecule has 6 heteroatoms. The molecule has 0 aromatic heterocycles. The van der Waals surface area contributed by atoms with Crippen LogP contribution in [0, 0.1) is 5.92 Å². The van der Waals surface area contributed by atoms with Crippen LogP contribution < -0.4 is 10.1 Å². The van der Waals surface area contributed by atoms with Gasteiger partial charge in [-0.05, 0) is 31.0 Å². The zero-order valence-corrected chi connectivity index (χ0v) is 12.1. The van der Waals surface area contributed by atoms with Crippen molar-refractivity contribution in [2.24, 2.45) is 5.92 Å². The van der Waals surface area contributed by atoms with Crippen LogP contribution in [0.15, 0.2) is 18.2 Å². The lowest BCUT2D eigenvalue weighted by Gasteiger charge is -2.09. The Morgan fingerprint density at radius 1 is 1.43 bits per heavy atom. The Balaban J connectivity index is 1.93. The number of nitrogens with one attached hydrogen (secondary N) is 1. The second kappa shape index (κ2) is 6.58. The van der Waals surface area contributed by atoms with Crippen LogP contribution >= 0.6 is 0 Å². The molecule has 1 aliphatic rings. The molecule has 1 saturated carbocycles. The average molecular weight is 293 g/mol. The van der Waals surface area contributed by atoms with Gasteiger partial charge in [-0.25, -0.2) is 4.79 Å². The van der Waals surface area contributed by atoms with Gasteiger partial charge in [-0.3, -0.25) is 4.79 Å². The molecule has 1 aromatic rings. The van der Waals surface area contributed by atoms with Crippen LogP contribution in [0.2, 0.25) is 0 Å². The molecular formula is C15H19NO5.